The number of benzene rings is 1. The Balaban J connectivity index is 0.00000146. The number of methoxy groups -OCH3 is 1. The number of aliphatic hydroxyl groups excluding tert-OH is 1. The van der Waals surface area contributed by atoms with E-state index >= 15 is 0 Å². The lowest BCUT2D eigenvalue weighted by atomic mass is 10.0. The van der Waals surface area contributed by atoms with E-state index in [0.29, 0.717) is 35.0 Å². The zero-order chi connectivity index (χ0) is 30.4. The maximum absolute atomic E-state index is 12.6. The third kappa shape index (κ3) is 10.3. The molecule has 0 unspecified atom stereocenters. The van der Waals surface area contributed by atoms with E-state index in [4.69, 9.17) is 38.9 Å². The van der Waals surface area contributed by atoms with Crippen molar-refractivity contribution in [1.29, 1.82) is 5.41 Å². The Morgan fingerprint density at radius 1 is 1.30 bits per heavy atom. The van der Waals surface area contributed by atoms with Gasteiger partial charge >= 0.3 is 0 Å². The highest BCUT2D eigenvalue weighted by Gasteiger charge is 2.15. The molecule has 0 aliphatic rings. The molecule has 0 bridgehead atoms. The van der Waals surface area contributed by atoms with Crippen molar-refractivity contribution in [2.45, 2.75) is 47.1 Å². The summed E-state index contributed by atoms with van der Waals surface area (Å²) in [5.41, 5.74) is 16.8. The number of unbranched alkanes of at least 4 members (excludes halogenated alkanes) is 1. The van der Waals surface area contributed by atoms with Crippen LogP contribution in [0.4, 0.5) is 0 Å². The van der Waals surface area contributed by atoms with E-state index in [1.165, 1.54) is 6.08 Å². The molecule has 2 rings (SSSR count). The Bertz CT molecular complexity index is 1320. The number of hydrogen-bond donors (Lipinski definition) is 5. The van der Waals surface area contributed by atoms with Gasteiger partial charge < -0.3 is 36.6 Å². The third-order valence-corrected chi connectivity index (χ3v) is 5.97. The smallest absolute Gasteiger partial charge is 0.251 e. The van der Waals surface area contributed by atoms with Crippen LogP contribution in [0.25, 0.3) is 11.1 Å². The van der Waals surface area contributed by atoms with Gasteiger partial charge in [-0.2, -0.15) is 0 Å². The molecule has 2 aromatic rings. The van der Waals surface area contributed by atoms with Crippen LogP contribution in [0.2, 0.25) is 0 Å². The first-order valence-electron chi connectivity index (χ1n) is 12.8. The molecule has 40 heavy (non-hydrogen) atoms. The van der Waals surface area contributed by atoms with Crippen LogP contribution in [0, 0.1) is 12.3 Å². The number of hydrogen-bond acceptors (Lipinski definition) is 7. The van der Waals surface area contributed by atoms with Crippen molar-refractivity contribution in [3.8, 4) is 5.75 Å². The minimum atomic E-state index is -0.379. The lowest BCUT2D eigenvalue weighted by Gasteiger charge is -2.12. The van der Waals surface area contributed by atoms with Crippen LogP contribution in [0.3, 0.4) is 0 Å². The van der Waals surface area contributed by atoms with Crippen molar-refractivity contribution in [3.63, 3.8) is 0 Å². The predicted octanol–water partition coefficient (Wildman–Crippen LogP) is 4.34. The highest BCUT2D eigenvalue weighted by atomic mass is 32.1. The number of imidazole rings is 1. The second-order valence-corrected chi connectivity index (χ2v) is 9.64. The third-order valence-electron chi connectivity index (χ3n) is 5.85. The molecular formula is C30H42N6O3S. The second-order valence-electron chi connectivity index (χ2n) is 9.17. The van der Waals surface area contributed by atoms with Gasteiger partial charge in [-0.3, -0.25) is 4.79 Å². The summed E-state index contributed by atoms with van der Waals surface area (Å²) >= 11 is 4.94. The quantitative estimate of drug-likeness (QED) is 0.111. The number of aromatic nitrogens is 2. The van der Waals surface area contributed by atoms with E-state index in [1.807, 2.05) is 56.8 Å². The van der Waals surface area contributed by atoms with Gasteiger partial charge in [0.15, 0.2) is 0 Å². The first-order chi connectivity index (χ1) is 18.9. The van der Waals surface area contributed by atoms with E-state index in [9.17, 15) is 4.79 Å². The number of nitrogens with zero attached hydrogens (tertiary/aromatic N) is 2. The molecule has 7 N–H and O–H groups in total. The number of carbonyl (C=O) groups is 1. The van der Waals surface area contributed by atoms with Gasteiger partial charge in [0, 0.05) is 60.6 Å². The van der Waals surface area contributed by atoms with Crippen LogP contribution in [-0.2, 0) is 18.4 Å². The van der Waals surface area contributed by atoms with Crippen molar-refractivity contribution in [3.05, 3.63) is 82.6 Å². The molecule has 0 spiro atoms. The molecule has 1 aromatic heterocycles. The number of aliphatic hydroxyl groups is 1. The number of amides is 1. The van der Waals surface area contributed by atoms with Gasteiger partial charge in [-0.05, 0) is 56.5 Å². The van der Waals surface area contributed by atoms with Crippen molar-refractivity contribution < 1.29 is 14.6 Å². The average molecular weight is 567 g/mol. The van der Waals surface area contributed by atoms with E-state index in [0.717, 1.165) is 35.8 Å². The molecule has 216 valence electrons. The molecule has 1 amide bonds. The number of carbonyl (C=O) groups excluding carboxylic acids is 1. The first kappa shape index (κ1) is 34.0. The Hall–Kier alpha value is -4.02. The summed E-state index contributed by atoms with van der Waals surface area (Å²) in [6.07, 6.45) is 8.14. The minimum Gasteiger partial charge on any atom is -0.496 e. The summed E-state index contributed by atoms with van der Waals surface area (Å²) in [7, 11) is 3.43. The number of aryl methyl sites for hydroxylation is 2. The summed E-state index contributed by atoms with van der Waals surface area (Å²) in [5, 5.41) is 18.8. The number of rotatable bonds is 12. The summed E-state index contributed by atoms with van der Waals surface area (Å²) in [4.78, 5) is 17.5. The molecule has 0 radical (unpaired) electrons. The SMILES string of the molecule is C=C(/C=C(N)\C(C=N)=C(/C)c1nc(/C(C)=C/C(N)=S)cn1C)C(=O)NCc1ccc(C)cc1OC.CCCCO. The maximum atomic E-state index is 12.6. The van der Waals surface area contributed by atoms with Gasteiger partial charge in [-0.1, -0.05) is 44.3 Å². The minimum absolute atomic E-state index is 0.163. The fourth-order valence-corrected chi connectivity index (χ4v) is 3.77. The van der Waals surface area contributed by atoms with Gasteiger partial charge in [0.1, 0.15) is 11.6 Å². The molecule has 1 heterocycles. The number of allylic oxidation sites excluding steroid dienone is 3. The number of ether oxygens (including phenoxy) is 1. The Morgan fingerprint density at radius 3 is 2.50 bits per heavy atom. The lowest BCUT2D eigenvalue weighted by Crippen LogP contribution is -2.24. The summed E-state index contributed by atoms with van der Waals surface area (Å²) in [6, 6.07) is 5.76. The topological polar surface area (TPSA) is 152 Å². The first-order valence-corrected chi connectivity index (χ1v) is 13.2. The molecule has 9 nitrogen and oxygen atoms in total. The highest BCUT2D eigenvalue weighted by Crippen LogP contribution is 2.23. The van der Waals surface area contributed by atoms with E-state index in [-0.39, 0.29) is 28.7 Å². The van der Waals surface area contributed by atoms with Gasteiger partial charge in [-0.15, -0.1) is 0 Å². The molecule has 0 fully saturated rings. The monoisotopic (exact) mass is 566 g/mol. The molecule has 0 saturated carbocycles. The Labute approximate surface area is 242 Å². The van der Waals surface area contributed by atoms with Crippen LogP contribution in [0.15, 0.2) is 60.0 Å². The molecule has 1 aromatic carbocycles. The largest absolute Gasteiger partial charge is 0.496 e. The van der Waals surface area contributed by atoms with Crippen molar-refractivity contribution >= 4 is 40.5 Å². The highest BCUT2D eigenvalue weighted by molar-refractivity contribution is 7.80. The van der Waals surface area contributed by atoms with E-state index in [1.54, 1.807) is 13.2 Å². The zero-order valence-electron chi connectivity index (χ0n) is 24.3. The van der Waals surface area contributed by atoms with E-state index < -0.39 is 0 Å². The molecule has 0 atom stereocenters. The zero-order valence-corrected chi connectivity index (χ0v) is 25.1. The van der Waals surface area contributed by atoms with Gasteiger partial charge in [0.2, 0.25) is 0 Å². The Morgan fingerprint density at radius 2 is 1.98 bits per heavy atom. The summed E-state index contributed by atoms with van der Waals surface area (Å²) in [6.45, 7) is 12.2. The fourth-order valence-electron chi connectivity index (χ4n) is 3.60. The second kappa shape index (κ2) is 16.8. The van der Waals surface area contributed by atoms with E-state index in [2.05, 4.69) is 23.8 Å². The number of nitrogens with two attached hydrogens (primary N) is 2. The molecule has 0 aliphatic heterocycles. The number of thiocarbonyl (C=S) groups is 1. The molecule has 0 saturated heterocycles. The predicted molar refractivity (Wildman–Crippen MR) is 168 cm³/mol. The molecule has 0 aliphatic carbocycles. The van der Waals surface area contributed by atoms with Gasteiger partial charge in [0.25, 0.3) is 5.91 Å². The van der Waals surface area contributed by atoms with Crippen LogP contribution in [-0.4, -0.2) is 45.5 Å². The van der Waals surface area contributed by atoms with Crippen molar-refractivity contribution in [1.82, 2.24) is 14.9 Å². The summed E-state index contributed by atoms with van der Waals surface area (Å²) in [5.74, 6) is 0.936. The van der Waals surface area contributed by atoms with Gasteiger partial charge in [-0.25, -0.2) is 4.98 Å². The lowest BCUT2D eigenvalue weighted by molar-refractivity contribution is -0.117. The fraction of sp³-hybridized carbons (Fsp3) is 0.333. The maximum Gasteiger partial charge on any atom is 0.251 e. The van der Waals surface area contributed by atoms with Crippen LogP contribution >= 0.6 is 12.2 Å². The Kier molecular flexibility index (Phi) is 14.3. The standard InChI is InChI=1S/C26H32N6O2S.C4H10O/c1-15-7-8-19(23(9-15)34-6)13-30-26(33)17(3)10-21(28)20(12-27)18(4)25-31-22(14-32(25)5)16(2)11-24(29)35;1-2-3-4-5/h7-12,14,27H,3,13,28H2,1-2,4-6H3,(H2,29,35)(H,30,33);5H,2-4H2,1H3/b16-11+,20-18+,21-10+,27-12?;. The normalized spacial score (nSPS) is 12.1. The van der Waals surface area contributed by atoms with Crippen molar-refractivity contribution in [2.24, 2.45) is 18.5 Å². The van der Waals surface area contributed by atoms with Crippen LogP contribution in [0.1, 0.15) is 56.3 Å². The van der Waals surface area contributed by atoms with Crippen molar-refractivity contribution in [2.75, 3.05) is 13.7 Å². The van der Waals surface area contributed by atoms with Gasteiger partial charge in [0.05, 0.1) is 17.8 Å². The van der Waals surface area contributed by atoms with Crippen LogP contribution < -0.4 is 21.5 Å². The average Bonchev–Trinajstić information content (AvgIpc) is 3.30. The molecular weight excluding hydrogens is 524 g/mol. The molecule has 10 heteroatoms. The summed E-state index contributed by atoms with van der Waals surface area (Å²) < 4.78 is 7.21. The van der Waals surface area contributed by atoms with Crippen LogP contribution in [0.5, 0.6) is 5.75 Å². The number of nitrogens with one attached hydrogen (secondary N) is 2.